The van der Waals surface area contributed by atoms with Crippen molar-refractivity contribution in [3.8, 4) is 5.69 Å². The first-order valence-electron chi connectivity index (χ1n) is 14.0. The van der Waals surface area contributed by atoms with Crippen LogP contribution in [0.2, 0.25) is 0 Å². The highest BCUT2D eigenvalue weighted by atomic mass is 32.1. The van der Waals surface area contributed by atoms with Crippen molar-refractivity contribution < 1.29 is 4.79 Å². The van der Waals surface area contributed by atoms with Gasteiger partial charge in [-0.15, -0.1) is 0 Å². The molecule has 206 valence electrons. The van der Waals surface area contributed by atoms with E-state index in [0.29, 0.717) is 11.5 Å². The molecule has 3 heterocycles. The molecule has 0 spiro atoms. The SMILES string of the molecule is CCC(=O)Nc1ccc(N2C(=S)N[C@@H](c3ccccn3)[C@@H]2c2cc(C)n(-c3cccc4ccccc34)c2C)cc1C. The van der Waals surface area contributed by atoms with Crippen molar-refractivity contribution in [2.45, 2.75) is 46.2 Å². The van der Waals surface area contributed by atoms with Gasteiger partial charge in [0.25, 0.3) is 0 Å². The van der Waals surface area contributed by atoms with Crippen LogP contribution < -0.4 is 15.5 Å². The zero-order valence-electron chi connectivity index (χ0n) is 23.7. The van der Waals surface area contributed by atoms with Gasteiger partial charge in [-0.25, -0.2) is 0 Å². The predicted molar refractivity (Wildman–Crippen MR) is 171 cm³/mol. The van der Waals surface area contributed by atoms with E-state index < -0.39 is 0 Å². The van der Waals surface area contributed by atoms with Gasteiger partial charge in [-0.3, -0.25) is 9.78 Å². The van der Waals surface area contributed by atoms with Gasteiger partial charge in [0.1, 0.15) is 0 Å². The molecule has 0 unspecified atom stereocenters. The monoisotopic (exact) mass is 559 g/mol. The van der Waals surface area contributed by atoms with E-state index in [4.69, 9.17) is 17.2 Å². The van der Waals surface area contributed by atoms with E-state index in [2.05, 4.69) is 94.6 Å². The van der Waals surface area contributed by atoms with Gasteiger partial charge < -0.3 is 20.1 Å². The molecule has 0 bridgehead atoms. The number of aromatic nitrogens is 2. The third-order valence-corrected chi connectivity index (χ3v) is 8.29. The van der Waals surface area contributed by atoms with Gasteiger partial charge in [0, 0.05) is 40.8 Å². The summed E-state index contributed by atoms with van der Waals surface area (Å²) in [6.07, 6.45) is 2.26. The molecule has 1 fully saturated rings. The summed E-state index contributed by atoms with van der Waals surface area (Å²) in [6.45, 7) is 8.21. The Morgan fingerprint density at radius 2 is 1.76 bits per heavy atom. The maximum absolute atomic E-state index is 12.1. The molecule has 1 amide bonds. The molecule has 1 aliphatic rings. The van der Waals surface area contributed by atoms with Gasteiger partial charge >= 0.3 is 0 Å². The highest BCUT2D eigenvalue weighted by molar-refractivity contribution is 7.80. The summed E-state index contributed by atoms with van der Waals surface area (Å²) in [6, 6.07) is 29.0. The summed E-state index contributed by atoms with van der Waals surface area (Å²) in [4.78, 5) is 19.0. The molecule has 6 nitrogen and oxygen atoms in total. The molecule has 5 aromatic rings. The van der Waals surface area contributed by atoms with Crippen molar-refractivity contribution in [1.29, 1.82) is 0 Å². The molecule has 6 rings (SSSR count). The maximum atomic E-state index is 12.1. The number of carbonyl (C=O) groups excluding carboxylic acids is 1. The maximum Gasteiger partial charge on any atom is 0.224 e. The molecule has 3 aromatic carbocycles. The number of fused-ring (bicyclic) bond motifs is 1. The Balaban J connectivity index is 1.50. The molecule has 0 radical (unpaired) electrons. The first kappa shape index (κ1) is 26.7. The van der Waals surface area contributed by atoms with E-state index in [0.717, 1.165) is 39.7 Å². The van der Waals surface area contributed by atoms with Crippen LogP contribution in [0.25, 0.3) is 16.5 Å². The quantitative estimate of drug-likeness (QED) is 0.211. The minimum absolute atomic E-state index is 0.00632. The Labute approximate surface area is 246 Å². The van der Waals surface area contributed by atoms with Crippen molar-refractivity contribution in [2.75, 3.05) is 10.2 Å². The number of benzene rings is 3. The number of carbonyl (C=O) groups is 1. The summed E-state index contributed by atoms with van der Waals surface area (Å²) >= 11 is 5.99. The van der Waals surface area contributed by atoms with Crippen molar-refractivity contribution in [1.82, 2.24) is 14.9 Å². The number of nitrogens with zero attached hydrogens (tertiary/aromatic N) is 3. The number of amides is 1. The fraction of sp³-hybridized carbons (Fsp3) is 0.206. The molecular formula is C34H33N5OS. The molecule has 41 heavy (non-hydrogen) atoms. The third-order valence-electron chi connectivity index (χ3n) is 7.98. The summed E-state index contributed by atoms with van der Waals surface area (Å²) in [7, 11) is 0. The van der Waals surface area contributed by atoms with Crippen molar-refractivity contribution in [2.24, 2.45) is 0 Å². The fourth-order valence-corrected chi connectivity index (χ4v) is 6.33. The highest BCUT2D eigenvalue weighted by Crippen LogP contribution is 2.44. The first-order chi connectivity index (χ1) is 19.9. The molecule has 1 aliphatic heterocycles. The number of nitrogens with one attached hydrogen (secondary N) is 2. The van der Waals surface area contributed by atoms with Crippen molar-refractivity contribution >= 4 is 45.4 Å². The average Bonchev–Trinajstić information content (AvgIpc) is 3.48. The van der Waals surface area contributed by atoms with Crippen LogP contribution in [-0.2, 0) is 4.79 Å². The van der Waals surface area contributed by atoms with E-state index in [9.17, 15) is 4.79 Å². The van der Waals surface area contributed by atoms with E-state index >= 15 is 0 Å². The van der Waals surface area contributed by atoms with Gasteiger partial charge in [0.05, 0.1) is 23.5 Å². The van der Waals surface area contributed by atoms with E-state index in [-0.39, 0.29) is 18.0 Å². The van der Waals surface area contributed by atoms with Crippen LogP contribution in [0, 0.1) is 20.8 Å². The van der Waals surface area contributed by atoms with Crippen LogP contribution in [0.3, 0.4) is 0 Å². The van der Waals surface area contributed by atoms with Gasteiger partial charge in [-0.1, -0.05) is 49.4 Å². The smallest absolute Gasteiger partial charge is 0.224 e. The molecule has 1 saturated heterocycles. The number of anilines is 2. The molecule has 0 saturated carbocycles. The lowest BCUT2D eigenvalue weighted by atomic mass is 9.96. The van der Waals surface area contributed by atoms with Crippen LogP contribution >= 0.6 is 12.2 Å². The van der Waals surface area contributed by atoms with Crippen molar-refractivity contribution in [3.63, 3.8) is 0 Å². The largest absolute Gasteiger partial charge is 0.351 e. The first-order valence-corrected chi connectivity index (χ1v) is 14.4. The second-order valence-electron chi connectivity index (χ2n) is 10.6. The van der Waals surface area contributed by atoms with Crippen LogP contribution in [0.4, 0.5) is 11.4 Å². The van der Waals surface area contributed by atoms with Gasteiger partial charge in [-0.2, -0.15) is 0 Å². The van der Waals surface area contributed by atoms with Gasteiger partial charge in [0.2, 0.25) is 5.91 Å². The number of thiocarbonyl (C=S) groups is 1. The molecule has 2 atom stereocenters. The van der Waals surface area contributed by atoms with Gasteiger partial charge in [0.15, 0.2) is 5.11 Å². The van der Waals surface area contributed by atoms with E-state index in [1.54, 1.807) is 0 Å². The average molecular weight is 560 g/mol. The molecular weight excluding hydrogens is 526 g/mol. The Hall–Kier alpha value is -4.49. The number of pyridine rings is 1. The van der Waals surface area contributed by atoms with Gasteiger partial charge in [-0.05, 0) is 92.0 Å². The number of hydrogen-bond donors (Lipinski definition) is 2. The molecule has 2 N–H and O–H groups in total. The van der Waals surface area contributed by atoms with E-state index in [1.807, 2.05) is 44.3 Å². The standard InChI is InChI=1S/C34H33N5OS/c1-5-31(40)36-28-17-16-25(19-21(28)2)39-33(32(37-34(39)41)29-14-8-9-18-35-29)27-20-22(3)38(23(27)4)30-15-10-12-24-11-6-7-13-26(24)30/h6-20,32-33H,5H2,1-4H3,(H,36,40)(H,37,41)/t32-,33-/m0/s1. The topological polar surface area (TPSA) is 62.2 Å². The van der Waals surface area contributed by atoms with Crippen LogP contribution in [0.5, 0.6) is 0 Å². The zero-order valence-corrected chi connectivity index (χ0v) is 24.5. The Kier molecular flexibility index (Phi) is 7.05. The second-order valence-corrected chi connectivity index (χ2v) is 10.9. The Morgan fingerprint density at radius 3 is 2.51 bits per heavy atom. The minimum Gasteiger partial charge on any atom is -0.351 e. The predicted octanol–water partition coefficient (Wildman–Crippen LogP) is 7.48. The number of hydrogen-bond acceptors (Lipinski definition) is 3. The molecule has 0 aliphatic carbocycles. The summed E-state index contributed by atoms with van der Waals surface area (Å²) in [5, 5.41) is 9.65. The van der Waals surface area contributed by atoms with Crippen LogP contribution in [-0.4, -0.2) is 20.6 Å². The minimum atomic E-state index is -0.148. The highest BCUT2D eigenvalue weighted by Gasteiger charge is 2.42. The Morgan fingerprint density at radius 1 is 0.976 bits per heavy atom. The lowest BCUT2D eigenvalue weighted by molar-refractivity contribution is -0.115. The normalized spacial score (nSPS) is 16.7. The lowest BCUT2D eigenvalue weighted by Crippen LogP contribution is -2.29. The van der Waals surface area contributed by atoms with E-state index in [1.165, 1.54) is 16.3 Å². The van der Waals surface area contributed by atoms with Crippen LogP contribution in [0.1, 0.15) is 53.6 Å². The van der Waals surface area contributed by atoms with Crippen molar-refractivity contribution in [3.05, 3.63) is 119 Å². The summed E-state index contributed by atoms with van der Waals surface area (Å²) < 4.78 is 2.35. The lowest BCUT2D eigenvalue weighted by Gasteiger charge is -2.29. The number of rotatable bonds is 6. The zero-order chi connectivity index (χ0) is 28.7. The second kappa shape index (κ2) is 10.8. The molecule has 7 heteroatoms. The third kappa shape index (κ3) is 4.76. The number of aryl methyl sites for hydroxylation is 2. The summed E-state index contributed by atoms with van der Waals surface area (Å²) in [5.41, 5.74) is 8.34. The van der Waals surface area contributed by atoms with Crippen LogP contribution in [0.15, 0.2) is 91.1 Å². The summed E-state index contributed by atoms with van der Waals surface area (Å²) in [5.74, 6) is -0.00632. The Bertz CT molecular complexity index is 1770. The molecule has 2 aromatic heterocycles. The fourth-order valence-electron chi connectivity index (χ4n) is 5.99.